The van der Waals surface area contributed by atoms with Gasteiger partial charge < -0.3 is 0 Å². The number of hydrogen-bond donors (Lipinski definition) is 0. The third-order valence-corrected chi connectivity index (χ3v) is 5.36. The fourth-order valence-electron chi connectivity index (χ4n) is 2.99. The summed E-state index contributed by atoms with van der Waals surface area (Å²) in [7, 11) is 0. The van der Waals surface area contributed by atoms with Crippen LogP contribution in [-0.4, -0.2) is 19.6 Å². The molecule has 1 saturated carbocycles. The van der Waals surface area contributed by atoms with Gasteiger partial charge in [0.25, 0.3) is 0 Å². The Morgan fingerprint density at radius 1 is 1.39 bits per heavy atom. The van der Waals surface area contributed by atoms with Crippen molar-refractivity contribution in [2.75, 3.05) is 0 Å². The minimum Gasteiger partial charge on any atom is -0.250 e. The summed E-state index contributed by atoms with van der Waals surface area (Å²) in [6, 6.07) is 0. The first-order valence-electron chi connectivity index (χ1n) is 7.25. The number of hydrogen-bond acceptors (Lipinski definition) is 2. The zero-order valence-electron chi connectivity index (χ0n) is 11.5. The molecule has 0 saturated heterocycles. The van der Waals surface area contributed by atoms with Crippen LogP contribution in [0.1, 0.15) is 51.8 Å². The van der Waals surface area contributed by atoms with Crippen LogP contribution in [0.5, 0.6) is 0 Å². The van der Waals surface area contributed by atoms with Crippen molar-refractivity contribution in [1.82, 2.24) is 14.8 Å². The van der Waals surface area contributed by atoms with Gasteiger partial charge in [0.2, 0.25) is 0 Å². The Balaban J connectivity index is 2.00. The molecule has 3 atom stereocenters. The van der Waals surface area contributed by atoms with E-state index in [2.05, 4.69) is 44.5 Å². The minimum atomic E-state index is 0.659. The summed E-state index contributed by atoms with van der Waals surface area (Å²) in [5.41, 5.74) is 0. The molecule has 1 aliphatic carbocycles. The van der Waals surface area contributed by atoms with Gasteiger partial charge in [-0.1, -0.05) is 36.2 Å². The van der Waals surface area contributed by atoms with Crippen LogP contribution in [0.4, 0.5) is 0 Å². The Morgan fingerprint density at radius 3 is 2.94 bits per heavy atom. The predicted molar refractivity (Wildman–Crippen MR) is 77.9 cm³/mol. The van der Waals surface area contributed by atoms with E-state index >= 15 is 0 Å². The van der Waals surface area contributed by atoms with E-state index in [4.69, 9.17) is 0 Å². The molecule has 1 aromatic rings. The Hall–Kier alpha value is -0.380. The van der Waals surface area contributed by atoms with Crippen molar-refractivity contribution in [1.29, 1.82) is 0 Å². The number of aromatic nitrogens is 3. The largest absolute Gasteiger partial charge is 0.250 e. The Kier molecular flexibility index (Phi) is 5.22. The number of alkyl halides is 1. The molecule has 0 radical (unpaired) electrons. The smallest absolute Gasteiger partial charge is 0.138 e. The average Bonchev–Trinajstić information content (AvgIpc) is 2.80. The highest BCUT2D eigenvalue weighted by atomic mass is 79.9. The van der Waals surface area contributed by atoms with Crippen molar-refractivity contribution in [3.8, 4) is 0 Å². The first-order valence-corrected chi connectivity index (χ1v) is 8.16. The lowest BCUT2D eigenvalue weighted by Gasteiger charge is -2.32. The summed E-state index contributed by atoms with van der Waals surface area (Å²) >= 11 is 3.86. The van der Waals surface area contributed by atoms with Crippen LogP contribution in [0.2, 0.25) is 0 Å². The molecule has 0 N–H and O–H groups in total. The van der Waals surface area contributed by atoms with E-state index in [1.54, 1.807) is 6.33 Å². The molecule has 0 spiro atoms. The van der Waals surface area contributed by atoms with Crippen molar-refractivity contribution >= 4 is 15.9 Å². The standard InChI is InChI=1S/C14H24BrN3/c1-3-7-18-14(16-10-17-18)9-12-8-11(4-2)5-6-13(12)15/h10-13H,3-9H2,1-2H3. The Morgan fingerprint density at radius 2 is 2.22 bits per heavy atom. The summed E-state index contributed by atoms with van der Waals surface area (Å²) in [5.74, 6) is 2.80. The van der Waals surface area contributed by atoms with Crippen molar-refractivity contribution in [2.45, 2.75) is 63.7 Å². The maximum atomic E-state index is 4.45. The lowest BCUT2D eigenvalue weighted by atomic mass is 9.78. The average molecular weight is 314 g/mol. The molecular formula is C14H24BrN3. The highest BCUT2D eigenvalue weighted by Gasteiger charge is 2.29. The molecule has 2 rings (SSSR count). The van der Waals surface area contributed by atoms with Crippen molar-refractivity contribution < 1.29 is 0 Å². The second-order valence-electron chi connectivity index (χ2n) is 5.47. The molecule has 102 valence electrons. The second-order valence-corrected chi connectivity index (χ2v) is 6.64. The van der Waals surface area contributed by atoms with Gasteiger partial charge in [-0.2, -0.15) is 5.10 Å². The van der Waals surface area contributed by atoms with E-state index < -0.39 is 0 Å². The van der Waals surface area contributed by atoms with Gasteiger partial charge in [-0.3, -0.25) is 4.68 Å². The molecular weight excluding hydrogens is 290 g/mol. The quantitative estimate of drug-likeness (QED) is 0.774. The normalized spacial score (nSPS) is 28.5. The lowest BCUT2D eigenvalue weighted by Crippen LogP contribution is -2.27. The minimum absolute atomic E-state index is 0.659. The number of aryl methyl sites for hydroxylation is 1. The first-order chi connectivity index (χ1) is 8.74. The molecule has 4 heteroatoms. The van der Waals surface area contributed by atoms with E-state index in [-0.39, 0.29) is 0 Å². The summed E-state index contributed by atoms with van der Waals surface area (Å²) < 4.78 is 2.08. The van der Waals surface area contributed by atoms with E-state index in [1.807, 2.05) is 0 Å². The fraction of sp³-hybridized carbons (Fsp3) is 0.857. The highest BCUT2D eigenvalue weighted by Crippen LogP contribution is 2.36. The van der Waals surface area contributed by atoms with E-state index in [9.17, 15) is 0 Å². The van der Waals surface area contributed by atoms with Crippen LogP contribution in [0.15, 0.2) is 6.33 Å². The zero-order chi connectivity index (χ0) is 13.0. The molecule has 1 aliphatic rings. The number of nitrogens with zero attached hydrogens (tertiary/aromatic N) is 3. The van der Waals surface area contributed by atoms with E-state index in [1.165, 1.54) is 31.5 Å². The molecule has 1 aromatic heterocycles. The van der Waals surface area contributed by atoms with Crippen LogP contribution < -0.4 is 0 Å². The van der Waals surface area contributed by atoms with Crippen molar-refractivity contribution in [2.24, 2.45) is 11.8 Å². The van der Waals surface area contributed by atoms with E-state index in [0.717, 1.165) is 31.2 Å². The molecule has 0 amide bonds. The summed E-state index contributed by atoms with van der Waals surface area (Å²) in [5, 5.41) is 4.33. The number of halogens is 1. The van der Waals surface area contributed by atoms with Gasteiger partial charge in [0.1, 0.15) is 12.2 Å². The van der Waals surface area contributed by atoms with E-state index in [0.29, 0.717) is 4.83 Å². The van der Waals surface area contributed by atoms with Crippen LogP contribution >= 0.6 is 15.9 Å². The number of rotatable bonds is 5. The van der Waals surface area contributed by atoms with Gasteiger partial charge in [-0.15, -0.1) is 0 Å². The molecule has 0 bridgehead atoms. The molecule has 3 unspecified atom stereocenters. The molecule has 18 heavy (non-hydrogen) atoms. The first kappa shape index (κ1) is 14.0. The molecule has 3 nitrogen and oxygen atoms in total. The maximum absolute atomic E-state index is 4.45. The molecule has 1 heterocycles. The maximum Gasteiger partial charge on any atom is 0.138 e. The van der Waals surface area contributed by atoms with Crippen LogP contribution in [-0.2, 0) is 13.0 Å². The fourth-order valence-corrected chi connectivity index (χ4v) is 3.65. The Bertz CT molecular complexity index is 364. The second kappa shape index (κ2) is 6.69. The Labute approximate surface area is 118 Å². The molecule has 0 aromatic carbocycles. The predicted octanol–water partition coefficient (Wildman–Crippen LogP) is 3.82. The van der Waals surface area contributed by atoms with Gasteiger partial charge in [0.15, 0.2) is 0 Å². The van der Waals surface area contributed by atoms with Crippen LogP contribution in [0.25, 0.3) is 0 Å². The van der Waals surface area contributed by atoms with Gasteiger partial charge in [0, 0.05) is 17.8 Å². The van der Waals surface area contributed by atoms with Crippen LogP contribution in [0.3, 0.4) is 0 Å². The third kappa shape index (κ3) is 3.34. The van der Waals surface area contributed by atoms with Gasteiger partial charge in [0.05, 0.1) is 0 Å². The van der Waals surface area contributed by atoms with Crippen molar-refractivity contribution in [3.63, 3.8) is 0 Å². The molecule has 0 aliphatic heterocycles. The zero-order valence-corrected chi connectivity index (χ0v) is 13.1. The van der Waals surface area contributed by atoms with Gasteiger partial charge in [-0.25, -0.2) is 4.98 Å². The van der Waals surface area contributed by atoms with Crippen LogP contribution in [0, 0.1) is 11.8 Å². The van der Waals surface area contributed by atoms with Gasteiger partial charge in [-0.05, 0) is 37.5 Å². The monoisotopic (exact) mass is 313 g/mol. The topological polar surface area (TPSA) is 30.7 Å². The van der Waals surface area contributed by atoms with Gasteiger partial charge >= 0.3 is 0 Å². The molecule has 1 fully saturated rings. The van der Waals surface area contributed by atoms with Crippen molar-refractivity contribution in [3.05, 3.63) is 12.2 Å². The SMILES string of the molecule is CCCn1ncnc1CC1CC(CC)CCC1Br. The summed E-state index contributed by atoms with van der Waals surface area (Å²) in [4.78, 5) is 5.10. The summed E-state index contributed by atoms with van der Waals surface area (Å²) in [6.07, 6.45) is 9.25. The highest BCUT2D eigenvalue weighted by molar-refractivity contribution is 9.09. The summed E-state index contributed by atoms with van der Waals surface area (Å²) in [6.45, 7) is 5.49. The third-order valence-electron chi connectivity index (χ3n) is 4.15. The lowest BCUT2D eigenvalue weighted by molar-refractivity contribution is 0.266.